The van der Waals surface area contributed by atoms with Gasteiger partial charge in [-0.15, -0.1) is 0 Å². The van der Waals surface area contributed by atoms with E-state index in [1.807, 2.05) is 12.1 Å². The first-order valence-electron chi connectivity index (χ1n) is 7.64. The lowest BCUT2D eigenvalue weighted by atomic mass is 10.2. The van der Waals surface area contributed by atoms with Crippen LogP contribution in [0.15, 0.2) is 33.8 Å². The van der Waals surface area contributed by atoms with Crippen molar-refractivity contribution in [3.63, 3.8) is 0 Å². The summed E-state index contributed by atoms with van der Waals surface area (Å²) in [5.41, 5.74) is -0.326. The Labute approximate surface area is 133 Å². The van der Waals surface area contributed by atoms with E-state index >= 15 is 0 Å². The zero-order valence-electron chi connectivity index (χ0n) is 12.9. The van der Waals surface area contributed by atoms with Crippen molar-refractivity contribution in [1.29, 1.82) is 0 Å². The number of hydrogen-bond donors (Lipinski definition) is 1. The molecule has 0 spiro atoms. The van der Waals surface area contributed by atoms with Gasteiger partial charge in [-0.1, -0.05) is 0 Å². The minimum atomic E-state index is -0.326. The second-order valence-corrected chi connectivity index (χ2v) is 5.49. The standard InChI is InChI=1S/C16H19N3O4/c1-22-13-10-17-15(18-16(13)21)12-5-2-8-19(12)14(20)7-6-11-4-3-9-23-11/h3-4,9-10,12H,2,5-8H2,1H3,(H,17,18,21). The molecule has 0 aromatic carbocycles. The molecule has 3 rings (SSSR count). The number of aromatic nitrogens is 2. The lowest BCUT2D eigenvalue weighted by Crippen LogP contribution is -2.32. The van der Waals surface area contributed by atoms with Gasteiger partial charge in [0.1, 0.15) is 11.6 Å². The molecule has 0 aliphatic carbocycles. The number of amides is 1. The highest BCUT2D eigenvalue weighted by Gasteiger charge is 2.31. The summed E-state index contributed by atoms with van der Waals surface area (Å²) >= 11 is 0. The zero-order valence-corrected chi connectivity index (χ0v) is 12.9. The van der Waals surface area contributed by atoms with Crippen molar-refractivity contribution >= 4 is 5.91 Å². The summed E-state index contributed by atoms with van der Waals surface area (Å²) in [6.07, 6.45) is 5.64. The number of rotatable bonds is 5. The minimum Gasteiger partial charge on any atom is -0.490 e. The number of aryl methyl sites for hydroxylation is 1. The fourth-order valence-electron chi connectivity index (χ4n) is 2.89. The summed E-state index contributed by atoms with van der Waals surface area (Å²) in [6, 6.07) is 3.49. The molecular formula is C16H19N3O4. The second kappa shape index (κ2) is 6.68. The molecule has 1 fully saturated rings. The smallest absolute Gasteiger partial charge is 0.293 e. The summed E-state index contributed by atoms with van der Waals surface area (Å²) in [4.78, 5) is 33.1. The van der Waals surface area contributed by atoms with Crippen molar-refractivity contribution in [2.75, 3.05) is 13.7 Å². The van der Waals surface area contributed by atoms with E-state index < -0.39 is 0 Å². The van der Waals surface area contributed by atoms with Gasteiger partial charge in [-0.2, -0.15) is 0 Å². The number of hydrogen-bond acceptors (Lipinski definition) is 5. The average molecular weight is 317 g/mol. The Balaban J connectivity index is 1.70. The first kappa shape index (κ1) is 15.3. The van der Waals surface area contributed by atoms with E-state index in [0.717, 1.165) is 18.6 Å². The van der Waals surface area contributed by atoms with Crippen LogP contribution in [0.3, 0.4) is 0 Å². The molecule has 3 heterocycles. The predicted molar refractivity (Wildman–Crippen MR) is 82.1 cm³/mol. The van der Waals surface area contributed by atoms with Gasteiger partial charge in [0.25, 0.3) is 5.56 Å². The van der Waals surface area contributed by atoms with Crippen molar-refractivity contribution in [3.05, 3.63) is 46.5 Å². The number of aromatic amines is 1. The fraction of sp³-hybridized carbons (Fsp3) is 0.438. The molecule has 1 unspecified atom stereocenters. The van der Waals surface area contributed by atoms with Crippen LogP contribution in [0.5, 0.6) is 5.75 Å². The molecule has 1 amide bonds. The summed E-state index contributed by atoms with van der Waals surface area (Å²) in [5, 5.41) is 0. The number of carbonyl (C=O) groups excluding carboxylic acids is 1. The maximum atomic E-state index is 12.5. The number of H-pyrrole nitrogens is 1. The van der Waals surface area contributed by atoms with Crippen LogP contribution >= 0.6 is 0 Å². The van der Waals surface area contributed by atoms with Crippen LogP contribution in [-0.2, 0) is 11.2 Å². The van der Waals surface area contributed by atoms with E-state index in [4.69, 9.17) is 9.15 Å². The zero-order chi connectivity index (χ0) is 16.2. The Morgan fingerprint density at radius 2 is 2.43 bits per heavy atom. The SMILES string of the molecule is COc1cnc(C2CCCN2C(=O)CCc2ccco2)[nH]c1=O. The number of nitrogens with zero attached hydrogens (tertiary/aromatic N) is 2. The summed E-state index contributed by atoms with van der Waals surface area (Å²) in [7, 11) is 1.42. The third kappa shape index (κ3) is 3.28. The summed E-state index contributed by atoms with van der Waals surface area (Å²) in [5.74, 6) is 1.52. The van der Waals surface area contributed by atoms with Gasteiger partial charge >= 0.3 is 0 Å². The molecule has 0 saturated carbocycles. The minimum absolute atomic E-state index is 0.0439. The number of nitrogens with one attached hydrogen (secondary N) is 1. The molecule has 7 heteroatoms. The van der Waals surface area contributed by atoms with Crippen LogP contribution in [-0.4, -0.2) is 34.4 Å². The van der Waals surface area contributed by atoms with Gasteiger partial charge in [-0.3, -0.25) is 9.59 Å². The molecule has 0 radical (unpaired) electrons. The monoisotopic (exact) mass is 317 g/mol. The van der Waals surface area contributed by atoms with Gasteiger partial charge in [0.15, 0.2) is 0 Å². The van der Waals surface area contributed by atoms with E-state index in [0.29, 0.717) is 25.2 Å². The van der Waals surface area contributed by atoms with Crippen molar-refractivity contribution < 1.29 is 13.9 Å². The Kier molecular flexibility index (Phi) is 4.45. The van der Waals surface area contributed by atoms with Crippen LogP contribution in [0.2, 0.25) is 0 Å². The third-order valence-electron chi connectivity index (χ3n) is 4.06. The van der Waals surface area contributed by atoms with Gasteiger partial charge < -0.3 is 19.0 Å². The van der Waals surface area contributed by atoms with E-state index in [9.17, 15) is 9.59 Å². The van der Waals surface area contributed by atoms with Crippen molar-refractivity contribution in [1.82, 2.24) is 14.9 Å². The van der Waals surface area contributed by atoms with E-state index in [1.54, 1.807) is 11.2 Å². The van der Waals surface area contributed by atoms with Gasteiger partial charge in [-0.25, -0.2) is 4.98 Å². The molecule has 1 aliphatic rings. The normalized spacial score (nSPS) is 17.4. The molecule has 1 saturated heterocycles. The quantitative estimate of drug-likeness (QED) is 0.906. The number of ether oxygens (including phenoxy) is 1. The maximum absolute atomic E-state index is 12.5. The lowest BCUT2D eigenvalue weighted by molar-refractivity contribution is -0.132. The molecule has 1 atom stereocenters. The fourth-order valence-corrected chi connectivity index (χ4v) is 2.89. The number of methoxy groups -OCH3 is 1. The van der Waals surface area contributed by atoms with Gasteiger partial charge in [0, 0.05) is 19.4 Å². The van der Waals surface area contributed by atoms with Crippen LogP contribution in [0.1, 0.15) is 36.9 Å². The van der Waals surface area contributed by atoms with Gasteiger partial charge in [0.05, 0.1) is 25.6 Å². The Morgan fingerprint density at radius 1 is 1.57 bits per heavy atom. The average Bonchev–Trinajstić information content (AvgIpc) is 3.24. The molecular weight excluding hydrogens is 298 g/mol. The molecule has 1 aliphatic heterocycles. The summed E-state index contributed by atoms with van der Waals surface area (Å²) < 4.78 is 10.2. The Hall–Kier alpha value is -2.57. The molecule has 0 bridgehead atoms. The highest BCUT2D eigenvalue weighted by atomic mass is 16.5. The highest BCUT2D eigenvalue weighted by molar-refractivity contribution is 5.77. The number of likely N-dealkylation sites (tertiary alicyclic amines) is 1. The van der Waals surface area contributed by atoms with Crippen molar-refractivity contribution in [2.45, 2.75) is 31.7 Å². The van der Waals surface area contributed by atoms with Crippen molar-refractivity contribution in [2.24, 2.45) is 0 Å². The lowest BCUT2D eigenvalue weighted by Gasteiger charge is -2.23. The van der Waals surface area contributed by atoms with E-state index in [2.05, 4.69) is 9.97 Å². The first-order chi connectivity index (χ1) is 11.2. The summed E-state index contributed by atoms with van der Waals surface area (Å²) in [6.45, 7) is 0.678. The molecule has 1 N–H and O–H groups in total. The van der Waals surface area contributed by atoms with Crippen LogP contribution in [0.4, 0.5) is 0 Å². The Morgan fingerprint density at radius 3 is 3.13 bits per heavy atom. The number of carbonyl (C=O) groups is 1. The largest absolute Gasteiger partial charge is 0.490 e. The van der Waals surface area contributed by atoms with Crippen LogP contribution in [0, 0.1) is 0 Å². The van der Waals surface area contributed by atoms with Crippen LogP contribution < -0.4 is 10.3 Å². The second-order valence-electron chi connectivity index (χ2n) is 5.49. The molecule has 122 valence electrons. The highest BCUT2D eigenvalue weighted by Crippen LogP contribution is 2.30. The van der Waals surface area contributed by atoms with E-state index in [1.165, 1.54) is 13.3 Å². The first-order valence-corrected chi connectivity index (χ1v) is 7.64. The van der Waals surface area contributed by atoms with Gasteiger partial charge in [0.2, 0.25) is 11.7 Å². The molecule has 2 aromatic rings. The topological polar surface area (TPSA) is 88.4 Å². The Bertz CT molecular complexity index is 723. The predicted octanol–water partition coefficient (Wildman–Crippen LogP) is 1.67. The number of furan rings is 1. The third-order valence-corrected chi connectivity index (χ3v) is 4.06. The maximum Gasteiger partial charge on any atom is 0.293 e. The van der Waals surface area contributed by atoms with Gasteiger partial charge in [-0.05, 0) is 25.0 Å². The van der Waals surface area contributed by atoms with Crippen molar-refractivity contribution in [3.8, 4) is 5.75 Å². The molecule has 23 heavy (non-hydrogen) atoms. The van der Waals surface area contributed by atoms with E-state index in [-0.39, 0.29) is 23.3 Å². The molecule has 7 nitrogen and oxygen atoms in total. The van der Waals surface area contributed by atoms with Crippen LogP contribution in [0.25, 0.3) is 0 Å². The molecule has 2 aromatic heterocycles.